The van der Waals surface area contributed by atoms with E-state index in [0.717, 1.165) is 4.57 Å². The topological polar surface area (TPSA) is 116 Å². The van der Waals surface area contributed by atoms with Crippen molar-refractivity contribution < 1.29 is 0 Å². The first-order valence-electron chi connectivity index (χ1n) is 3.03. The highest BCUT2D eigenvalue weighted by molar-refractivity contribution is 5.57. The molecule has 12 heavy (non-hydrogen) atoms. The van der Waals surface area contributed by atoms with Crippen LogP contribution in [0.3, 0.4) is 0 Å². The predicted molar refractivity (Wildman–Crippen MR) is 43.8 cm³/mol. The third-order valence-electron chi connectivity index (χ3n) is 1.42. The number of hydrogen-bond acceptors (Lipinski definition) is 6. The molecule has 4 N–H and O–H groups in total. The van der Waals surface area contributed by atoms with E-state index in [2.05, 4.69) is 10.2 Å². The molecule has 7 heteroatoms. The van der Waals surface area contributed by atoms with Crippen LogP contribution in [0.5, 0.6) is 0 Å². The Labute approximate surface area is 67.0 Å². The first-order valence-corrected chi connectivity index (χ1v) is 3.03. The van der Waals surface area contributed by atoms with Crippen molar-refractivity contribution in [3.05, 3.63) is 15.3 Å². The van der Waals surface area contributed by atoms with Crippen LogP contribution in [-0.2, 0) is 7.05 Å². The minimum atomic E-state index is -0.644. The molecule has 0 radical (unpaired) electrons. The summed E-state index contributed by atoms with van der Waals surface area (Å²) in [5.41, 5.74) is 9.42. The predicted octanol–water partition coefficient (Wildman–Crippen LogP) is -0.657. The molecule has 0 saturated carbocycles. The molecule has 64 valence electrons. The summed E-state index contributed by atoms with van der Waals surface area (Å²) >= 11 is 0. The molecule has 0 amide bonds. The zero-order chi connectivity index (χ0) is 9.30. The fourth-order valence-corrected chi connectivity index (χ4v) is 0.710. The molecule has 1 rings (SSSR count). The number of aromatic nitrogens is 2. The van der Waals surface area contributed by atoms with Crippen molar-refractivity contribution in [2.75, 3.05) is 11.5 Å². The standard InChI is InChI=1S/C5H7N5O2/c1-10-4(11)2(9-12)3(6)8-5(10)7/h6H2,1H3,(H2,7,8). The number of nitrogens with two attached hydrogens (primary N) is 2. The average molecular weight is 169 g/mol. The molecule has 0 aliphatic heterocycles. The number of nitrogens with zero attached hydrogens (tertiary/aromatic N) is 3. The van der Waals surface area contributed by atoms with Crippen molar-refractivity contribution in [3.8, 4) is 0 Å². The Morgan fingerprint density at radius 1 is 1.50 bits per heavy atom. The van der Waals surface area contributed by atoms with Crippen molar-refractivity contribution in [3.63, 3.8) is 0 Å². The second kappa shape index (κ2) is 2.61. The molecule has 1 aromatic heterocycles. The minimum Gasteiger partial charge on any atom is -0.382 e. The average Bonchev–Trinajstić information content (AvgIpc) is 2.01. The van der Waals surface area contributed by atoms with Gasteiger partial charge >= 0.3 is 0 Å². The second-order valence-corrected chi connectivity index (χ2v) is 2.16. The van der Waals surface area contributed by atoms with Crippen molar-refractivity contribution in [1.29, 1.82) is 0 Å². The van der Waals surface area contributed by atoms with Gasteiger partial charge in [0.05, 0.1) is 0 Å². The Morgan fingerprint density at radius 3 is 2.58 bits per heavy atom. The number of hydrogen-bond donors (Lipinski definition) is 2. The van der Waals surface area contributed by atoms with Gasteiger partial charge in [0.15, 0.2) is 5.82 Å². The van der Waals surface area contributed by atoms with E-state index in [-0.39, 0.29) is 11.8 Å². The third kappa shape index (κ3) is 1.00. The summed E-state index contributed by atoms with van der Waals surface area (Å²) in [5, 5.41) is 2.45. The Hall–Kier alpha value is -1.92. The molecule has 1 heterocycles. The molecule has 0 bridgehead atoms. The van der Waals surface area contributed by atoms with Crippen molar-refractivity contribution in [1.82, 2.24) is 9.55 Å². The summed E-state index contributed by atoms with van der Waals surface area (Å²) in [4.78, 5) is 24.7. The molecule has 0 aliphatic carbocycles. The van der Waals surface area contributed by atoms with Crippen LogP contribution in [0.2, 0.25) is 0 Å². The van der Waals surface area contributed by atoms with Crippen LogP contribution >= 0.6 is 0 Å². The van der Waals surface area contributed by atoms with Gasteiger partial charge in [0.2, 0.25) is 11.6 Å². The van der Waals surface area contributed by atoms with Crippen LogP contribution in [-0.4, -0.2) is 9.55 Å². The van der Waals surface area contributed by atoms with Crippen molar-refractivity contribution in [2.24, 2.45) is 12.2 Å². The van der Waals surface area contributed by atoms with E-state index in [0.29, 0.717) is 0 Å². The number of anilines is 2. The van der Waals surface area contributed by atoms with Crippen LogP contribution < -0.4 is 17.0 Å². The largest absolute Gasteiger partial charge is 0.382 e. The van der Waals surface area contributed by atoms with E-state index >= 15 is 0 Å². The molecule has 0 aliphatic rings. The van der Waals surface area contributed by atoms with Gasteiger partial charge in [-0.1, -0.05) is 0 Å². The van der Waals surface area contributed by atoms with E-state index in [1.165, 1.54) is 7.05 Å². The second-order valence-electron chi connectivity index (χ2n) is 2.16. The molecule has 0 aromatic carbocycles. The fourth-order valence-electron chi connectivity index (χ4n) is 0.710. The van der Waals surface area contributed by atoms with E-state index in [1.54, 1.807) is 0 Å². The van der Waals surface area contributed by atoms with Gasteiger partial charge in [-0.15, -0.1) is 4.91 Å². The summed E-state index contributed by atoms with van der Waals surface area (Å²) in [6.07, 6.45) is 0. The summed E-state index contributed by atoms with van der Waals surface area (Å²) < 4.78 is 0.993. The molecular weight excluding hydrogens is 162 g/mol. The van der Waals surface area contributed by atoms with Gasteiger partial charge in [-0.3, -0.25) is 9.36 Å². The highest BCUT2D eigenvalue weighted by Gasteiger charge is 2.10. The molecular formula is C5H7N5O2. The summed E-state index contributed by atoms with van der Waals surface area (Å²) in [5.74, 6) is -0.296. The highest BCUT2D eigenvalue weighted by Crippen LogP contribution is 2.13. The monoisotopic (exact) mass is 169 g/mol. The van der Waals surface area contributed by atoms with Gasteiger partial charge in [0.1, 0.15) is 0 Å². The Balaban J connectivity index is 3.63. The van der Waals surface area contributed by atoms with Crippen LogP contribution in [0.4, 0.5) is 17.5 Å². The molecule has 0 fully saturated rings. The normalized spacial score (nSPS) is 9.75. The molecule has 0 unspecified atom stereocenters. The summed E-state index contributed by atoms with van der Waals surface area (Å²) in [7, 11) is 1.37. The number of rotatable bonds is 1. The van der Waals surface area contributed by atoms with Crippen LogP contribution in [0.15, 0.2) is 9.97 Å². The van der Waals surface area contributed by atoms with Crippen molar-refractivity contribution >= 4 is 17.5 Å². The quantitative estimate of drug-likeness (QED) is 0.541. The molecule has 7 nitrogen and oxygen atoms in total. The fraction of sp³-hybridized carbons (Fsp3) is 0.200. The molecule has 0 saturated heterocycles. The van der Waals surface area contributed by atoms with E-state index in [9.17, 15) is 9.70 Å². The van der Waals surface area contributed by atoms with Crippen LogP contribution in [0.25, 0.3) is 0 Å². The van der Waals surface area contributed by atoms with Gasteiger partial charge in [-0.05, 0) is 5.18 Å². The number of nitrogen functional groups attached to an aromatic ring is 2. The lowest BCUT2D eigenvalue weighted by molar-refractivity contribution is 0.846. The van der Waals surface area contributed by atoms with Gasteiger partial charge in [-0.25, -0.2) is 0 Å². The maximum Gasteiger partial charge on any atom is 0.286 e. The van der Waals surface area contributed by atoms with Crippen LogP contribution in [0, 0.1) is 4.91 Å². The minimum absolute atomic E-state index is 0.0510. The smallest absolute Gasteiger partial charge is 0.286 e. The maximum absolute atomic E-state index is 11.1. The van der Waals surface area contributed by atoms with Gasteiger partial charge in [0, 0.05) is 7.05 Å². The van der Waals surface area contributed by atoms with E-state index in [4.69, 9.17) is 11.5 Å². The molecule has 1 aromatic rings. The molecule has 0 atom stereocenters. The first kappa shape index (κ1) is 8.18. The van der Waals surface area contributed by atoms with Gasteiger partial charge in [0.25, 0.3) is 5.56 Å². The summed E-state index contributed by atoms with van der Waals surface area (Å²) in [6, 6.07) is 0. The third-order valence-corrected chi connectivity index (χ3v) is 1.42. The maximum atomic E-state index is 11.1. The lowest BCUT2D eigenvalue weighted by atomic mass is 10.5. The number of nitroso groups, excluding NO2 is 1. The Kier molecular flexibility index (Phi) is 1.78. The van der Waals surface area contributed by atoms with Crippen molar-refractivity contribution in [2.45, 2.75) is 0 Å². The Morgan fingerprint density at radius 2 is 2.08 bits per heavy atom. The lowest BCUT2D eigenvalue weighted by Crippen LogP contribution is -2.22. The van der Waals surface area contributed by atoms with E-state index in [1.807, 2.05) is 0 Å². The Bertz CT molecular complexity index is 382. The van der Waals surface area contributed by atoms with Gasteiger partial charge < -0.3 is 11.5 Å². The SMILES string of the molecule is Cn1c(N)nc(N)c(N=O)c1=O. The zero-order valence-electron chi connectivity index (χ0n) is 6.31. The summed E-state index contributed by atoms with van der Waals surface area (Å²) in [6.45, 7) is 0. The van der Waals surface area contributed by atoms with E-state index < -0.39 is 11.2 Å². The first-order chi connectivity index (χ1) is 5.57. The molecule has 0 spiro atoms. The lowest BCUT2D eigenvalue weighted by Gasteiger charge is -2.02. The van der Waals surface area contributed by atoms with Crippen LogP contribution in [0.1, 0.15) is 0 Å². The highest BCUT2D eigenvalue weighted by atomic mass is 16.3. The zero-order valence-corrected chi connectivity index (χ0v) is 6.31. The van der Waals surface area contributed by atoms with Gasteiger partial charge in [-0.2, -0.15) is 4.98 Å².